The number of hydrogen-bond acceptors (Lipinski definition) is 8. The number of phosphoric ester groups is 1. The molecule has 5 radical (unpaired) electrons. The molecule has 2 fully saturated rings. The standard InChI is InChI=1S/C14H25B3O8P/c1-7-12(9(5-20-3)23-13(7)15)25-26(18,19)22-6-10-11(21-4)8(2)14(17-16)24-10/h7-14H,5-6H2,1-4H3,(H,18,19)/p-1/t7?,8?,9-,10-,11-,12-,13-,14-/m1/s1. The lowest BCUT2D eigenvalue weighted by atomic mass is 9.49. The normalized spacial score (nSPS) is 42.7. The third kappa shape index (κ3) is 5.14. The van der Waals surface area contributed by atoms with E-state index in [1.165, 1.54) is 21.4 Å². The molecule has 26 heavy (non-hydrogen) atoms. The van der Waals surface area contributed by atoms with Gasteiger partial charge in [0.05, 0.1) is 32.6 Å². The van der Waals surface area contributed by atoms with E-state index in [9.17, 15) is 9.46 Å². The van der Waals surface area contributed by atoms with Crippen LogP contribution < -0.4 is 4.89 Å². The fraction of sp³-hybridized carbons (Fsp3) is 1.00. The van der Waals surface area contributed by atoms with Crippen LogP contribution >= 0.6 is 7.82 Å². The van der Waals surface area contributed by atoms with Gasteiger partial charge in [0, 0.05) is 45.8 Å². The van der Waals surface area contributed by atoms with E-state index >= 15 is 0 Å². The van der Waals surface area contributed by atoms with Gasteiger partial charge in [0.1, 0.15) is 20.1 Å². The zero-order chi connectivity index (χ0) is 19.5. The lowest BCUT2D eigenvalue weighted by Crippen LogP contribution is -2.35. The van der Waals surface area contributed by atoms with E-state index in [1.807, 2.05) is 6.92 Å². The van der Waals surface area contributed by atoms with Crippen molar-refractivity contribution in [1.82, 2.24) is 0 Å². The summed E-state index contributed by atoms with van der Waals surface area (Å²) in [5, 5.41) is 0. The Morgan fingerprint density at radius 1 is 1.12 bits per heavy atom. The summed E-state index contributed by atoms with van der Waals surface area (Å²) in [6.07, 6.45) is -2.32. The van der Waals surface area contributed by atoms with Crippen molar-refractivity contribution in [2.45, 2.75) is 50.3 Å². The van der Waals surface area contributed by atoms with E-state index in [4.69, 9.17) is 43.6 Å². The molecule has 0 bridgehead atoms. The molecule has 0 aliphatic carbocycles. The monoisotopic (exact) mass is 384 g/mol. The lowest BCUT2D eigenvalue weighted by molar-refractivity contribution is -0.235. The number of ether oxygens (including phenoxy) is 4. The molecule has 0 amide bonds. The number of rotatable bonds is 9. The molecule has 2 heterocycles. The van der Waals surface area contributed by atoms with Crippen molar-refractivity contribution < 1.29 is 37.5 Å². The quantitative estimate of drug-likeness (QED) is 0.377. The molecule has 0 aromatic rings. The molecule has 2 rings (SSSR count). The van der Waals surface area contributed by atoms with E-state index in [0.717, 1.165) is 0 Å². The van der Waals surface area contributed by atoms with Gasteiger partial charge in [0.15, 0.2) is 0 Å². The van der Waals surface area contributed by atoms with Gasteiger partial charge >= 0.3 is 0 Å². The molecule has 12 heteroatoms. The lowest BCUT2D eigenvalue weighted by Gasteiger charge is -2.31. The maximum Gasteiger partial charge on any atom is 0.268 e. The molecule has 2 aliphatic rings. The van der Waals surface area contributed by atoms with Crippen LogP contribution in [0.25, 0.3) is 0 Å². The van der Waals surface area contributed by atoms with Crippen LogP contribution in [-0.4, -0.2) is 86.6 Å². The topological polar surface area (TPSA) is 95.5 Å². The number of phosphoric acid groups is 1. The van der Waals surface area contributed by atoms with Gasteiger partial charge in [-0.2, -0.15) is 0 Å². The van der Waals surface area contributed by atoms with Crippen LogP contribution in [-0.2, 0) is 32.6 Å². The van der Waals surface area contributed by atoms with Gasteiger partial charge in [-0.25, -0.2) is 0 Å². The van der Waals surface area contributed by atoms with Gasteiger partial charge in [0.2, 0.25) is 0 Å². The van der Waals surface area contributed by atoms with Crippen LogP contribution in [0.15, 0.2) is 0 Å². The van der Waals surface area contributed by atoms with E-state index in [0.29, 0.717) is 0 Å². The molecule has 9 atom stereocenters. The second kappa shape index (κ2) is 9.57. The molecule has 0 spiro atoms. The Kier molecular flexibility index (Phi) is 8.25. The summed E-state index contributed by atoms with van der Waals surface area (Å²) >= 11 is 0. The fourth-order valence-corrected chi connectivity index (χ4v) is 4.40. The molecule has 0 aromatic carbocycles. The minimum atomic E-state index is -4.62. The molecular formula is C14H24B3O8P-. The summed E-state index contributed by atoms with van der Waals surface area (Å²) in [4.78, 5) is 12.3. The van der Waals surface area contributed by atoms with Crippen molar-refractivity contribution in [3.8, 4) is 0 Å². The molecule has 0 aromatic heterocycles. The highest BCUT2D eigenvalue weighted by molar-refractivity contribution is 7.45. The van der Waals surface area contributed by atoms with Crippen LogP contribution in [0.5, 0.6) is 0 Å². The Labute approximate surface area is 158 Å². The average Bonchev–Trinajstić information content (AvgIpc) is 3.04. The van der Waals surface area contributed by atoms with Gasteiger partial charge in [-0.05, 0) is 0 Å². The van der Waals surface area contributed by atoms with Crippen molar-refractivity contribution in [1.29, 1.82) is 0 Å². The van der Waals surface area contributed by atoms with Crippen molar-refractivity contribution in [2.24, 2.45) is 11.8 Å². The second-order valence-corrected chi connectivity index (χ2v) is 8.02. The first kappa shape index (κ1) is 22.4. The fourth-order valence-electron chi connectivity index (χ4n) is 3.39. The predicted octanol–water partition coefficient (Wildman–Crippen LogP) is -0.804. The minimum Gasteiger partial charge on any atom is -0.756 e. The van der Waals surface area contributed by atoms with E-state index in [-0.39, 0.29) is 37.2 Å². The van der Waals surface area contributed by atoms with Crippen molar-refractivity contribution in [2.75, 3.05) is 27.4 Å². The highest BCUT2D eigenvalue weighted by Crippen LogP contribution is 2.45. The van der Waals surface area contributed by atoms with Crippen molar-refractivity contribution >= 4 is 30.6 Å². The van der Waals surface area contributed by atoms with E-state index in [2.05, 4.69) is 0 Å². The van der Waals surface area contributed by atoms with Crippen molar-refractivity contribution in [3.63, 3.8) is 0 Å². The Bertz CT molecular complexity index is 501. The smallest absolute Gasteiger partial charge is 0.268 e. The maximum absolute atomic E-state index is 12.3. The Balaban J connectivity index is 1.95. The van der Waals surface area contributed by atoms with Crippen LogP contribution in [0.1, 0.15) is 13.8 Å². The van der Waals surface area contributed by atoms with E-state index < -0.39 is 32.1 Å². The third-order valence-electron chi connectivity index (χ3n) is 4.91. The average molecular weight is 384 g/mol. The van der Waals surface area contributed by atoms with Crippen LogP contribution in [0, 0.1) is 11.8 Å². The summed E-state index contributed by atoms with van der Waals surface area (Å²) in [5.41, 5.74) is 0. The highest BCUT2D eigenvalue weighted by Gasteiger charge is 2.44. The molecular weight excluding hydrogens is 360 g/mol. The molecule has 8 nitrogen and oxygen atoms in total. The highest BCUT2D eigenvalue weighted by atomic mass is 31.2. The molecule has 0 saturated carbocycles. The van der Waals surface area contributed by atoms with Gasteiger partial charge in [-0.15, -0.1) is 0 Å². The first-order valence-corrected chi connectivity index (χ1v) is 9.97. The van der Waals surface area contributed by atoms with Gasteiger partial charge in [-0.3, -0.25) is 4.57 Å². The first-order valence-electron chi connectivity index (χ1n) is 8.51. The summed E-state index contributed by atoms with van der Waals surface area (Å²) in [7, 11) is 11.2. The van der Waals surface area contributed by atoms with Gasteiger partial charge < -0.3 is 32.9 Å². The molecule has 2 aliphatic heterocycles. The van der Waals surface area contributed by atoms with Gasteiger partial charge in [0.25, 0.3) is 7.82 Å². The first-order chi connectivity index (χ1) is 12.2. The SMILES string of the molecule is [B][B][C@@H]1O[C@H](COP(=O)([O-])O[C@@H]2C(C)[C@H]([B])O[C@@H]2COC)[C@H](OC)C1C. The Morgan fingerprint density at radius 3 is 2.35 bits per heavy atom. The summed E-state index contributed by atoms with van der Waals surface area (Å²) in [6, 6.07) is -0.981. The zero-order valence-corrected chi connectivity index (χ0v) is 16.4. The third-order valence-corrected chi connectivity index (χ3v) is 5.88. The largest absolute Gasteiger partial charge is 0.756 e. The molecule has 3 unspecified atom stereocenters. The van der Waals surface area contributed by atoms with Crippen molar-refractivity contribution in [3.05, 3.63) is 0 Å². The zero-order valence-electron chi connectivity index (χ0n) is 15.5. The summed E-state index contributed by atoms with van der Waals surface area (Å²) < 4.78 is 44.1. The number of methoxy groups -OCH3 is 2. The Hall–Kier alpha value is 0.145. The van der Waals surface area contributed by atoms with Gasteiger partial charge in [-0.1, -0.05) is 13.8 Å². The molecule has 0 N–H and O–H groups in total. The van der Waals surface area contributed by atoms with E-state index in [1.54, 1.807) is 6.92 Å². The summed E-state index contributed by atoms with van der Waals surface area (Å²) in [5.74, 6) is -0.371. The second-order valence-electron chi connectivity index (χ2n) is 6.66. The van der Waals surface area contributed by atoms with Crippen LogP contribution in [0.4, 0.5) is 0 Å². The maximum atomic E-state index is 12.3. The summed E-state index contributed by atoms with van der Waals surface area (Å²) in [6.45, 7) is 3.57. The van der Waals surface area contributed by atoms with Crippen LogP contribution in [0.2, 0.25) is 0 Å². The predicted molar refractivity (Wildman–Crippen MR) is 94.0 cm³/mol. The molecule has 143 valence electrons. The Morgan fingerprint density at radius 2 is 1.77 bits per heavy atom. The van der Waals surface area contributed by atoms with Crippen LogP contribution in [0.3, 0.4) is 0 Å². The number of hydrogen-bond donors (Lipinski definition) is 0. The molecule has 2 saturated heterocycles. The minimum absolute atomic E-state index is 0.0297.